The Hall–Kier alpha value is -1.28. The van der Waals surface area contributed by atoms with Crippen molar-refractivity contribution >= 4 is 37.6 Å². The highest BCUT2D eigenvalue weighted by molar-refractivity contribution is 9.10. The molecule has 4 rings (SSSR count). The van der Waals surface area contributed by atoms with Gasteiger partial charge in [-0.1, -0.05) is 33.6 Å². The van der Waals surface area contributed by atoms with Gasteiger partial charge >= 0.3 is 0 Å². The van der Waals surface area contributed by atoms with E-state index in [2.05, 4.69) is 15.9 Å². The molecule has 1 saturated heterocycles. The molecule has 8 heteroatoms. The molecule has 0 spiro atoms. The van der Waals surface area contributed by atoms with Gasteiger partial charge in [0.2, 0.25) is 10.0 Å². The standard InChI is InChI=1S/C18H17BrClNO4S/c19-13-4-6-18(14(20)11-13)26(22,23)21-7-1-2-15(21)12-3-5-16-17(10-12)25-9-8-24-16/h3-6,10-11,15H,1-2,7-9H2/t15-/m1/s1. The summed E-state index contributed by atoms with van der Waals surface area (Å²) < 4.78 is 39.9. The molecule has 0 saturated carbocycles. The average molecular weight is 459 g/mol. The largest absolute Gasteiger partial charge is 0.486 e. The predicted octanol–water partition coefficient (Wildman–Crippen LogP) is 4.40. The van der Waals surface area contributed by atoms with E-state index in [1.807, 2.05) is 18.2 Å². The minimum absolute atomic E-state index is 0.131. The number of rotatable bonds is 3. The maximum Gasteiger partial charge on any atom is 0.245 e. The van der Waals surface area contributed by atoms with Gasteiger partial charge in [0.25, 0.3) is 0 Å². The fourth-order valence-electron chi connectivity index (χ4n) is 3.44. The number of ether oxygens (including phenoxy) is 2. The molecule has 2 aromatic carbocycles. The maximum atomic E-state index is 13.2. The maximum absolute atomic E-state index is 13.2. The number of fused-ring (bicyclic) bond motifs is 1. The van der Waals surface area contributed by atoms with Gasteiger partial charge in [-0.25, -0.2) is 8.42 Å². The van der Waals surface area contributed by atoms with Crippen LogP contribution in [0.2, 0.25) is 5.02 Å². The van der Waals surface area contributed by atoms with Crippen LogP contribution in [0.25, 0.3) is 0 Å². The molecule has 2 aromatic rings. The Kier molecular flexibility index (Phi) is 4.90. The van der Waals surface area contributed by atoms with Gasteiger partial charge in [-0.15, -0.1) is 0 Å². The highest BCUT2D eigenvalue weighted by Crippen LogP contribution is 2.41. The molecule has 0 aliphatic carbocycles. The average Bonchev–Trinajstić information content (AvgIpc) is 3.11. The molecule has 0 aromatic heterocycles. The number of hydrogen-bond acceptors (Lipinski definition) is 4. The highest BCUT2D eigenvalue weighted by atomic mass is 79.9. The van der Waals surface area contributed by atoms with Crippen molar-refractivity contribution in [1.29, 1.82) is 0 Å². The van der Waals surface area contributed by atoms with Crippen LogP contribution in [0.5, 0.6) is 11.5 Å². The summed E-state index contributed by atoms with van der Waals surface area (Å²) in [5.41, 5.74) is 0.906. The first kappa shape index (κ1) is 18.1. The van der Waals surface area contributed by atoms with E-state index in [9.17, 15) is 8.42 Å². The van der Waals surface area contributed by atoms with Crippen molar-refractivity contribution in [2.75, 3.05) is 19.8 Å². The zero-order chi connectivity index (χ0) is 18.3. The Balaban J connectivity index is 1.70. The predicted molar refractivity (Wildman–Crippen MR) is 102 cm³/mol. The molecule has 1 atom stereocenters. The van der Waals surface area contributed by atoms with Crippen molar-refractivity contribution in [3.63, 3.8) is 0 Å². The van der Waals surface area contributed by atoms with E-state index in [-0.39, 0.29) is 16.0 Å². The minimum atomic E-state index is -3.70. The Labute approximate surface area is 166 Å². The minimum Gasteiger partial charge on any atom is -0.486 e. The zero-order valence-corrected chi connectivity index (χ0v) is 17.0. The molecule has 2 aliphatic rings. The second-order valence-electron chi connectivity index (χ2n) is 6.25. The van der Waals surface area contributed by atoms with Crippen LogP contribution in [0.4, 0.5) is 0 Å². The van der Waals surface area contributed by atoms with Crippen LogP contribution in [0, 0.1) is 0 Å². The first-order valence-corrected chi connectivity index (χ1v) is 10.9. The lowest BCUT2D eigenvalue weighted by molar-refractivity contribution is 0.171. The van der Waals surface area contributed by atoms with Gasteiger partial charge in [0, 0.05) is 11.0 Å². The SMILES string of the molecule is O=S(=O)(c1ccc(Br)cc1Cl)N1CCC[C@@H]1c1ccc2c(c1)OCCO2. The molecule has 0 radical (unpaired) electrons. The third-order valence-corrected chi connectivity index (χ3v) is 7.52. The van der Waals surface area contributed by atoms with E-state index in [1.54, 1.807) is 18.2 Å². The normalized spacial score (nSPS) is 20.3. The molecule has 0 N–H and O–H groups in total. The lowest BCUT2D eigenvalue weighted by Gasteiger charge is -2.26. The third-order valence-electron chi connectivity index (χ3n) is 4.64. The number of sulfonamides is 1. The number of benzene rings is 2. The fraction of sp³-hybridized carbons (Fsp3) is 0.333. The lowest BCUT2D eigenvalue weighted by atomic mass is 10.0. The molecule has 0 amide bonds. The highest BCUT2D eigenvalue weighted by Gasteiger charge is 2.37. The molecule has 138 valence electrons. The van der Waals surface area contributed by atoms with Gasteiger partial charge < -0.3 is 9.47 Å². The van der Waals surface area contributed by atoms with E-state index >= 15 is 0 Å². The van der Waals surface area contributed by atoms with E-state index in [0.717, 1.165) is 22.9 Å². The van der Waals surface area contributed by atoms with Crippen molar-refractivity contribution in [2.45, 2.75) is 23.8 Å². The third kappa shape index (κ3) is 3.22. The monoisotopic (exact) mass is 457 g/mol. The topological polar surface area (TPSA) is 55.8 Å². The van der Waals surface area contributed by atoms with Crippen molar-refractivity contribution < 1.29 is 17.9 Å². The molecular weight excluding hydrogens is 442 g/mol. The van der Waals surface area contributed by atoms with Crippen molar-refractivity contribution in [3.8, 4) is 11.5 Å². The van der Waals surface area contributed by atoms with Crippen molar-refractivity contribution in [1.82, 2.24) is 4.31 Å². The quantitative estimate of drug-likeness (QED) is 0.684. The van der Waals surface area contributed by atoms with Crippen LogP contribution < -0.4 is 9.47 Å². The van der Waals surface area contributed by atoms with Crippen molar-refractivity contribution in [3.05, 3.63) is 51.5 Å². The zero-order valence-electron chi connectivity index (χ0n) is 13.8. The summed E-state index contributed by atoms with van der Waals surface area (Å²) in [5.74, 6) is 1.36. The Morgan fingerprint density at radius 3 is 2.62 bits per heavy atom. The van der Waals surface area contributed by atoms with Crippen LogP contribution >= 0.6 is 27.5 Å². The van der Waals surface area contributed by atoms with Gasteiger partial charge in [0.1, 0.15) is 18.1 Å². The van der Waals surface area contributed by atoms with Crippen LogP contribution in [0.1, 0.15) is 24.4 Å². The Morgan fingerprint density at radius 2 is 1.85 bits per heavy atom. The molecular formula is C18H17BrClNO4S. The number of nitrogens with zero attached hydrogens (tertiary/aromatic N) is 1. The summed E-state index contributed by atoms with van der Waals surface area (Å²) in [6.45, 7) is 1.49. The molecule has 2 heterocycles. The molecule has 1 fully saturated rings. The molecule has 5 nitrogen and oxygen atoms in total. The summed E-state index contributed by atoms with van der Waals surface area (Å²) in [4.78, 5) is 0.131. The van der Waals surface area contributed by atoms with E-state index in [0.29, 0.717) is 31.3 Å². The van der Waals surface area contributed by atoms with Gasteiger partial charge in [0.05, 0.1) is 11.1 Å². The molecule has 26 heavy (non-hydrogen) atoms. The Morgan fingerprint density at radius 1 is 1.08 bits per heavy atom. The van der Waals surface area contributed by atoms with Crippen molar-refractivity contribution in [2.24, 2.45) is 0 Å². The van der Waals surface area contributed by atoms with E-state index in [4.69, 9.17) is 21.1 Å². The first-order chi connectivity index (χ1) is 12.5. The number of halogens is 2. The van der Waals surface area contributed by atoms with Crippen LogP contribution in [-0.4, -0.2) is 32.5 Å². The second-order valence-corrected chi connectivity index (χ2v) is 9.43. The Bertz CT molecular complexity index is 950. The first-order valence-electron chi connectivity index (χ1n) is 8.33. The summed E-state index contributed by atoms with van der Waals surface area (Å²) in [6.07, 6.45) is 1.56. The van der Waals surface area contributed by atoms with E-state index < -0.39 is 10.0 Å². The van der Waals surface area contributed by atoms with Gasteiger partial charge in [0.15, 0.2) is 11.5 Å². The fourth-order valence-corrected chi connectivity index (χ4v) is 6.13. The summed E-state index contributed by atoms with van der Waals surface area (Å²) in [6, 6.07) is 10.2. The molecule has 0 bridgehead atoms. The van der Waals surface area contributed by atoms with Crippen LogP contribution in [0.15, 0.2) is 45.8 Å². The van der Waals surface area contributed by atoms with E-state index in [1.165, 1.54) is 4.31 Å². The smallest absolute Gasteiger partial charge is 0.245 e. The van der Waals surface area contributed by atoms with Gasteiger partial charge in [-0.05, 0) is 48.7 Å². The summed E-state index contributed by atoms with van der Waals surface area (Å²) in [7, 11) is -3.70. The summed E-state index contributed by atoms with van der Waals surface area (Å²) in [5, 5.41) is 0.215. The van der Waals surface area contributed by atoms with Gasteiger partial charge in [-0.2, -0.15) is 4.31 Å². The second kappa shape index (κ2) is 7.03. The number of hydrogen-bond donors (Lipinski definition) is 0. The molecule has 0 unspecified atom stereocenters. The van der Waals surface area contributed by atoms with Crippen LogP contribution in [-0.2, 0) is 10.0 Å². The van der Waals surface area contributed by atoms with Gasteiger partial charge in [-0.3, -0.25) is 0 Å². The summed E-state index contributed by atoms with van der Waals surface area (Å²) >= 11 is 9.52. The van der Waals surface area contributed by atoms with Crippen LogP contribution in [0.3, 0.4) is 0 Å². The molecule has 2 aliphatic heterocycles. The lowest BCUT2D eigenvalue weighted by Crippen LogP contribution is -2.31.